The summed E-state index contributed by atoms with van der Waals surface area (Å²) in [6, 6.07) is 14.4. The lowest BCUT2D eigenvalue weighted by Gasteiger charge is -2.34. The molecule has 26 heavy (non-hydrogen) atoms. The monoisotopic (exact) mass is 357 g/mol. The smallest absolute Gasteiger partial charge is 0.411 e. The Hall–Kier alpha value is -2.40. The molecule has 0 aromatic heterocycles. The molecule has 0 saturated carbocycles. The Morgan fingerprint density at radius 2 is 1.73 bits per heavy atom. The van der Waals surface area contributed by atoms with Gasteiger partial charge in [0.25, 0.3) is 0 Å². The van der Waals surface area contributed by atoms with E-state index in [0.717, 1.165) is 36.0 Å². The summed E-state index contributed by atoms with van der Waals surface area (Å²) in [6.07, 6.45) is 2.31. The quantitative estimate of drug-likeness (QED) is 0.758. The van der Waals surface area contributed by atoms with E-state index in [-0.39, 0.29) is 18.1 Å². The van der Waals surface area contributed by atoms with Crippen molar-refractivity contribution in [3.63, 3.8) is 0 Å². The molecule has 0 N–H and O–H groups in total. The van der Waals surface area contributed by atoms with E-state index in [1.165, 1.54) is 12.1 Å². The van der Waals surface area contributed by atoms with Crippen LogP contribution >= 0.6 is 0 Å². The molecule has 2 aromatic carbocycles. The Balaban J connectivity index is 1.60. The van der Waals surface area contributed by atoms with Crippen molar-refractivity contribution < 1.29 is 18.7 Å². The maximum absolute atomic E-state index is 13.0. The van der Waals surface area contributed by atoms with Gasteiger partial charge in [-0.1, -0.05) is 36.4 Å². The second-order valence-electron chi connectivity index (χ2n) is 6.36. The molecular formula is C21H24FNO3. The van der Waals surface area contributed by atoms with Crippen LogP contribution in [0.25, 0.3) is 11.1 Å². The second kappa shape index (κ2) is 8.81. The summed E-state index contributed by atoms with van der Waals surface area (Å²) in [6.45, 7) is 3.28. The van der Waals surface area contributed by atoms with Crippen molar-refractivity contribution in [1.82, 2.24) is 4.90 Å². The first-order valence-electron chi connectivity index (χ1n) is 9.07. The molecule has 0 aliphatic carbocycles. The predicted octanol–water partition coefficient (Wildman–Crippen LogP) is 4.98. The average Bonchev–Trinajstić information content (AvgIpc) is 2.68. The maximum atomic E-state index is 13.0. The number of hydrogen-bond acceptors (Lipinski definition) is 3. The van der Waals surface area contributed by atoms with E-state index in [1.807, 2.05) is 24.3 Å². The molecule has 138 valence electrons. The Bertz CT molecular complexity index is 715. The van der Waals surface area contributed by atoms with Crippen molar-refractivity contribution in [3.05, 3.63) is 59.9 Å². The second-order valence-corrected chi connectivity index (χ2v) is 6.36. The van der Waals surface area contributed by atoms with E-state index in [9.17, 15) is 9.18 Å². The van der Waals surface area contributed by atoms with Crippen LogP contribution in [0.3, 0.4) is 0 Å². The number of ether oxygens (including phenoxy) is 2. The van der Waals surface area contributed by atoms with Gasteiger partial charge in [-0.05, 0) is 55.0 Å². The van der Waals surface area contributed by atoms with Crippen LogP contribution < -0.4 is 0 Å². The van der Waals surface area contributed by atoms with Gasteiger partial charge in [0, 0.05) is 6.54 Å². The number of nitrogens with zero attached hydrogens (tertiary/aromatic N) is 1. The van der Waals surface area contributed by atoms with Crippen LogP contribution in [0.15, 0.2) is 48.5 Å². The number of hydrogen-bond donors (Lipinski definition) is 0. The van der Waals surface area contributed by atoms with Gasteiger partial charge < -0.3 is 9.47 Å². The van der Waals surface area contributed by atoms with Crippen molar-refractivity contribution in [1.29, 1.82) is 0 Å². The van der Waals surface area contributed by atoms with Gasteiger partial charge in [-0.3, -0.25) is 4.90 Å². The highest BCUT2D eigenvalue weighted by atomic mass is 19.1. The van der Waals surface area contributed by atoms with Crippen LogP contribution in [0.1, 0.15) is 31.7 Å². The minimum absolute atomic E-state index is 0.237. The van der Waals surface area contributed by atoms with E-state index >= 15 is 0 Å². The van der Waals surface area contributed by atoms with E-state index in [1.54, 1.807) is 24.0 Å². The molecule has 1 unspecified atom stereocenters. The van der Waals surface area contributed by atoms with Crippen molar-refractivity contribution in [2.75, 3.05) is 13.2 Å². The standard InChI is InChI=1S/C21H24FNO3/c1-2-25-21(24)23-14-4-3-5-20(23)26-15-16-6-8-17(9-7-16)18-10-12-19(22)13-11-18/h6-13,20H,2-5,14-15H2,1H3. The summed E-state index contributed by atoms with van der Waals surface area (Å²) >= 11 is 0. The fourth-order valence-corrected chi connectivity index (χ4v) is 3.12. The van der Waals surface area contributed by atoms with Gasteiger partial charge in [-0.15, -0.1) is 0 Å². The molecule has 1 fully saturated rings. The van der Waals surface area contributed by atoms with Crippen LogP contribution in [-0.4, -0.2) is 30.4 Å². The number of halogens is 1. The minimum atomic E-state index is -0.302. The lowest BCUT2D eigenvalue weighted by atomic mass is 10.0. The maximum Gasteiger partial charge on any atom is 0.411 e. The molecule has 1 heterocycles. The fourth-order valence-electron chi connectivity index (χ4n) is 3.12. The highest BCUT2D eigenvalue weighted by Gasteiger charge is 2.28. The first-order valence-corrected chi connectivity index (χ1v) is 9.07. The van der Waals surface area contributed by atoms with Gasteiger partial charge in [0.2, 0.25) is 0 Å². The topological polar surface area (TPSA) is 38.8 Å². The molecule has 0 bridgehead atoms. The first-order chi connectivity index (χ1) is 12.7. The molecular weight excluding hydrogens is 333 g/mol. The zero-order chi connectivity index (χ0) is 18.4. The van der Waals surface area contributed by atoms with Crippen molar-refractivity contribution in [2.45, 2.75) is 39.0 Å². The molecule has 1 amide bonds. The SMILES string of the molecule is CCOC(=O)N1CCCCC1OCc1ccc(-c2ccc(F)cc2)cc1. The van der Waals surface area contributed by atoms with Gasteiger partial charge in [-0.25, -0.2) is 9.18 Å². The molecule has 2 aromatic rings. The van der Waals surface area contributed by atoms with Gasteiger partial charge in [0.05, 0.1) is 13.2 Å². The molecule has 5 heteroatoms. The predicted molar refractivity (Wildman–Crippen MR) is 98.0 cm³/mol. The molecule has 1 atom stereocenters. The lowest BCUT2D eigenvalue weighted by molar-refractivity contribution is -0.0788. The molecule has 0 radical (unpaired) electrons. The third-order valence-electron chi connectivity index (χ3n) is 4.52. The largest absolute Gasteiger partial charge is 0.450 e. The number of likely N-dealkylation sites (tertiary alicyclic amines) is 1. The van der Waals surface area contributed by atoms with E-state index < -0.39 is 0 Å². The number of amides is 1. The number of rotatable bonds is 5. The molecule has 4 nitrogen and oxygen atoms in total. The minimum Gasteiger partial charge on any atom is -0.450 e. The van der Waals surface area contributed by atoms with E-state index in [4.69, 9.17) is 9.47 Å². The zero-order valence-corrected chi connectivity index (χ0v) is 15.0. The van der Waals surface area contributed by atoms with Gasteiger partial charge in [0.1, 0.15) is 12.0 Å². The average molecular weight is 357 g/mol. The van der Waals surface area contributed by atoms with Crippen LogP contribution in [-0.2, 0) is 16.1 Å². The Kier molecular flexibility index (Phi) is 6.23. The third kappa shape index (κ3) is 4.61. The van der Waals surface area contributed by atoms with Gasteiger partial charge >= 0.3 is 6.09 Å². The zero-order valence-electron chi connectivity index (χ0n) is 15.0. The summed E-state index contributed by atoms with van der Waals surface area (Å²) in [4.78, 5) is 13.7. The summed E-state index contributed by atoms with van der Waals surface area (Å²) in [7, 11) is 0. The highest BCUT2D eigenvalue weighted by molar-refractivity contribution is 5.68. The summed E-state index contributed by atoms with van der Waals surface area (Å²) < 4.78 is 24.1. The summed E-state index contributed by atoms with van der Waals surface area (Å²) in [5.41, 5.74) is 3.03. The van der Waals surface area contributed by atoms with Crippen LogP contribution in [0.5, 0.6) is 0 Å². The van der Waals surface area contributed by atoms with E-state index in [2.05, 4.69) is 0 Å². The normalized spacial score (nSPS) is 17.2. The molecule has 1 saturated heterocycles. The van der Waals surface area contributed by atoms with Crippen LogP contribution in [0.4, 0.5) is 9.18 Å². The van der Waals surface area contributed by atoms with Crippen molar-refractivity contribution in [3.8, 4) is 11.1 Å². The summed E-state index contributed by atoms with van der Waals surface area (Å²) in [5.74, 6) is -0.239. The van der Waals surface area contributed by atoms with Gasteiger partial charge in [0.15, 0.2) is 0 Å². The Morgan fingerprint density at radius 1 is 1.08 bits per heavy atom. The number of carbonyl (C=O) groups is 1. The number of benzene rings is 2. The highest BCUT2D eigenvalue weighted by Crippen LogP contribution is 2.23. The molecule has 3 rings (SSSR count). The third-order valence-corrected chi connectivity index (χ3v) is 4.52. The van der Waals surface area contributed by atoms with E-state index in [0.29, 0.717) is 19.8 Å². The Morgan fingerprint density at radius 3 is 2.38 bits per heavy atom. The molecule has 0 spiro atoms. The van der Waals surface area contributed by atoms with Crippen molar-refractivity contribution in [2.24, 2.45) is 0 Å². The van der Waals surface area contributed by atoms with Crippen LogP contribution in [0, 0.1) is 5.82 Å². The number of carbonyl (C=O) groups excluding carboxylic acids is 1. The lowest BCUT2D eigenvalue weighted by Crippen LogP contribution is -2.45. The Labute approximate surface area is 153 Å². The number of piperidine rings is 1. The van der Waals surface area contributed by atoms with Crippen LogP contribution in [0.2, 0.25) is 0 Å². The summed E-state index contributed by atoms with van der Waals surface area (Å²) in [5, 5.41) is 0. The first kappa shape index (κ1) is 18.4. The molecule has 1 aliphatic rings. The fraction of sp³-hybridized carbons (Fsp3) is 0.381. The van der Waals surface area contributed by atoms with Crippen molar-refractivity contribution >= 4 is 6.09 Å². The van der Waals surface area contributed by atoms with Gasteiger partial charge in [-0.2, -0.15) is 0 Å². The molecule has 1 aliphatic heterocycles.